The van der Waals surface area contributed by atoms with Crippen LogP contribution in [0.4, 0.5) is 17.1 Å². The lowest BCUT2D eigenvalue weighted by Gasteiger charge is -2.32. The van der Waals surface area contributed by atoms with Crippen LogP contribution in [0, 0.1) is 0 Å². The number of hydrogen-bond acceptors (Lipinski definition) is 1. The predicted molar refractivity (Wildman–Crippen MR) is 282 cm³/mol. The van der Waals surface area contributed by atoms with Gasteiger partial charge in [-0.2, -0.15) is 0 Å². The fourth-order valence-electron chi connectivity index (χ4n) is 10.3. The Morgan fingerprint density at radius 1 is 0.348 bits per heavy atom. The summed E-state index contributed by atoms with van der Waals surface area (Å²) in [5.41, 5.74) is 21.9. The Hall–Kier alpha value is -7.74. The summed E-state index contributed by atoms with van der Waals surface area (Å²) in [6.45, 7) is 11.5. The highest BCUT2D eigenvalue weighted by atomic mass is 15.1. The van der Waals surface area contributed by atoms with Gasteiger partial charge in [0.15, 0.2) is 0 Å². The van der Waals surface area contributed by atoms with E-state index in [0.717, 1.165) is 28.2 Å². The molecule has 10 aromatic rings. The van der Waals surface area contributed by atoms with Crippen LogP contribution < -0.4 is 4.90 Å². The zero-order valence-electron chi connectivity index (χ0n) is 38.4. The normalized spacial score (nSPS) is 12.7. The predicted octanol–water partition coefficient (Wildman–Crippen LogP) is 18.2. The van der Waals surface area contributed by atoms with Crippen molar-refractivity contribution in [2.75, 3.05) is 4.90 Å². The van der Waals surface area contributed by atoms with E-state index in [1.165, 1.54) is 83.1 Å². The van der Waals surface area contributed by atoms with Gasteiger partial charge in [-0.05, 0) is 119 Å². The van der Waals surface area contributed by atoms with Gasteiger partial charge < -0.3 is 4.90 Å². The molecule has 11 rings (SSSR count). The molecule has 1 heteroatoms. The van der Waals surface area contributed by atoms with Gasteiger partial charge in [0.05, 0.1) is 11.4 Å². The van der Waals surface area contributed by atoms with Gasteiger partial charge in [-0.25, -0.2) is 0 Å². The maximum absolute atomic E-state index is 2.54. The van der Waals surface area contributed by atoms with Gasteiger partial charge in [-0.3, -0.25) is 0 Å². The first kappa shape index (κ1) is 41.0. The number of nitrogens with zero attached hydrogens (tertiary/aromatic N) is 1. The van der Waals surface area contributed by atoms with E-state index >= 15 is 0 Å². The lowest BCUT2D eigenvalue weighted by Crippen LogP contribution is -2.16. The second-order valence-corrected chi connectivity index (χ2v) is 19.3. The van der Waals surface area contributed by atoms with Crippen LogP contribution in [-0.4, -0.2) is 0 Å². The summed E-state index contributed by atoms with van der Waals surface area (Å²) >= 11 is 0. The Kier molecular flexibility index (Phi) is 10.2. The molecule has 0 saturated carbocycles. The van der Waals surface area contributed by atoms with Gasteiger partial charge >= 0.3 is 0 Å². The molecule has 0 atom stereocenters. The smallest absolute Gasteiger partial charge is 0.0546 e. The van der Waals surface area contributed by atoms with E-state index in [4.69, 9.17) is 0 Å². The lowest BCUT2D eigenvalue weighted by atomic mass is 9.82. The van der Waals surface area contributed by atoms with Gasteiger partial charge in [-0.15, -0.1) is 0 Å². The molecular formula is C65H53N. The Morgan fingerprint density at radius 2 is 0.864 bits per heavy atom. The van der Waals surface area contributed by atoms with E-state index in [-0.39, 0.29) is 10.8 Å². The molecule has 66 heavy (non-hydrogen) atoms. The Balaban J connectivity index is 1.15. The molecule has 0 fully saturated rings. The maximum Gasteiger partial charge on any atom is 0.0546 e. The second-order valence-electron chi connectivity index (χ2n) is 19.3. The van der Waals surface area contributed by atoms with E-state index in [1.54, 1.807) is 0 Å². The summed E-state index contributed by atoms with van der Waals surface area (Å²) in [5, 5.41) is 2.41. The van der Waals surface area contributed by atoms with Crippen molar-refractivity contribution in [1.29, 1.82) is 0 Å². The van der Waals surface area contributed by atoms with Gasteiger partial charge in [0.25, 0.3) is 0 Å². The number of fused-ring (bicyclic) bond motifs is 4. The standard InChI is InChI=1S/C65H53N/c1-64(2,3)51-36-32-45(33-37-51)44-28-30-46(31-29-44)50-35-40-61(57(42-50)48-20-10-7-11-21-48)66(52-38-39-60-58(43-52)55-25-16-17-27-59(55)65(60,4)5)62-41-34-49-22-12-13-24-54(49)63(62)56-26-15-14-23-53(56)47-18-8-6-9-19-47/h6-43H,1-5H3. The topological polar surface area (TPSA) is 3.24 Å². The first-order valence-corrected chi connectivity index (χ1v) is 23.3. The second kappa shape index (κ2) is 16.4. The fourth-order valence-corrected chi connectivity index (χ4v) is 10.3. The highest BCUT2D eigenvalue weighted by Gasteiger charge is 2.36. The minimum Gasteiger partial charge on any atom is -0.309 e. The number of anilines is 3. The number of benzene rings is 10. The minimum atomic E-state index is -0.111. The van der Waals surface area contributed by atoms with E-state index in [0.29, 0.717) is 0 Å². The summed E-state index contributed by atoms with van der Waals surface area (Å²) < 4.78 is 0. The van der Waals surface area contributed by atoms with Crippen LogP contribution in [0.5, 0.6) is 0 Å². The summed E-state index contributed by atoms with van der Waals surface area (Å²) in [5.74, 6) is 0. The Bertz CT molecular complexity index is 3390. The molecule has 10 aromatic carbocycles. The summed E-state index contributed by atoms with van der Waals surface area (Å²) in [6.07, 6.45) is 0. The van der Waals surface area contributed by atoms with E-state index in [1.807, 2.05) is 0 Å². The van der Waals surface area contributed by atoms with Crippen molar-refractivity contribution >= 4 is 27.8 Å². The van der Waals surface area contributed by atoms with Crippen LogP contribution in [0.25, 0.3) is 77.5 Å². The molecule has 0 saturated heterocycles. The summed E-state index contributed by atoms with van der Waals surface area (Å²) in [4.78, 5) is 2.54. The van der Waals surface area contributed by atoms with E-state index in [2.05, 4.69) is 270 Å². The van der Waals surface area contributed by atoms with Crippen LogP contribution in [0.3, 0.4) is 0 Å². The van der Waals surface area contributed by atoms with Crippen LogP contribution in [-0.2, 0) is 10.8 Å². The van der Waals surface area contributed by atoms with Gasteiger partial charge in [0, 0.05) is 22.2 Å². The van der Waals surface area contributed by atoms with Crippen LogP contribution in [0.15, 0.2) is 231 Å². The molecule has 1 aliphatic carbocycles. The monoisotopic (exact) mass is 847 g/mol. The van der Waals surface area contributed by atoms with Crippen molar-refractivity contribution in [2.24, 2.45) is 0 Å². The molecule has 0 spiro atoms. The van der Waals surface area contributed by atoms with Crippen molar-refractivity contribution in [3.05, 3.63) is 247 Å². The summed E-state index contributed by atoms with van der Waals surface area (Å²) in [7, 11) is 0. The van der Waals surface area contributed by atoms with E-state index < -0.39 is 0 Å². The molecule has 0 unspecified atom stereocenters. The average molecular weight is 848 g/mol. The van der Waals surface area contributed by atoms with Crippen LogP contribution in [0.1, 0.15) is 51.3 Å². The van der Waals surface area contributed by atoms with Crippen LogP contribution in [0.2, 0.25) is 0 Å². The molecule has 0 aromatic heterocycles. The van der Waals surface area contributed by atoms with Crippen molar-refractivity contribution < 1.29 is 0 Å². The molecule has 0 bridgehead atoms. The van der Waals surface area contributed by atoms with Crippen LogP contribution >= 0.6 is 0 Å². The molecule has 0 N–H and O–H groups in total. The molecule has 0 radical (unpaired) electrons. The third-order valence-electron chi connectivity index (χ3n) is 13.9. The average Bonchev–Trinajstić information content (AvgIpc) is 3.59. The fraction of sp³-hybridized carbons (Fsp3) is 0.108. The highest BCUT2D eigenvalue weighted by Crippen LogP contribution is 2.53. The third-order valence-corrected chi connectivity index (χ3v) is 13.9. The molecule has 0 heterocycles. The van der Waals surface area contributed by atoms with Gasteiger partial charge in [-0.1, -0.05) is 235 Å². The summed E-state index contributed by atoms with van der Waals surface area (Å²) in [6, 6.07) is 85.5. The largest absolute Gasteiger partial charge is 0.309 e. The van der Waals surface area contributed by atoms with E-state index in [9.17, 15) is 0 Å². The molecule has 0 amide bonds. The number of hydrogen-bond donors (Lipinski definition) is 0. The maximum atomic E-state index is 2.54. The van der Waals surface area contributed by atoms with Gasteiger partial charge in [0.2, 0.25) is 0 Å². The quantitative estimate of drug-likeness (QED) is 0.147. The zero-order chi connectivity index (χ0) is 45.0. The molecule has 1 nitrogen and oxygen atoms in total. The Labute approximate surface area is 390 Å². The van der Waals surface area contributed by atoms with Gasteiger partial charge in [0.1, 0.15) is 0 Å². The zero-order valence-corrected chi connectivity index (χ0v) is 38.4. The third kappa shape index (κ3) is 7.22. The molecule has 0 aliphatic heterocycles. The molecule has 318 valence electrons. The lowest BCUT2D eigenvalue weighted by molar-refractivity contribution is 0.590. The van der Waals surface area contributed by atoms with Crippen molar-refractivity contribution in [3.63, 3.8) is 0 Å². The first-order chi connectivity index (χ1) is 32.1. The Morgan fingerprint density at radius 3 is 1.55 bits per heavy atom. The SMILES string of the molecule is CC(C)(C)c1ccc(-c2ccc(-c3ccc(N(c4ccc5c(c4)-c4ccccc4C5(C)C)c4ccc5ccccc5c4-c4ccccc4-c4ccccc4)c(-c4ccccc4)c3)cc2)cc1. The highest BCUT2D eigenvalue weighted by molar-refractivity contribution is 6.09. The van der Waals surface area contributed by atoms with Crippen molar-refractivity contribution in [3.8, 4) is 66.8 Å². The van der Waals surface area contributed by atoms with Crippen molar-refractivity contribution in [1.82, 2.24) is 0 Å². The first-order valence-electron chi connectivity index (χ1n) is 23.3. The van der Waals surface area contributed by atoms with Crippen molar-refractivity contribution in [2.45, 2.75) is 45.4 Å². The molecule has 1 aliphatic rings. The minimum absolute atomic E-state index is 0.111. The molecular weight excluding hydrogens is 795 g/mol. The number of rotatable bonds is 8.